The number of aliphatic hydroxyl groups is 1. The lowest BCUT2D eigenvalue weighted by atomic mass is 9.99. The summed E-state index contributed by atoms with van der Waals surface area (Å²) in [6.45, 7) is 9.52. The number of hydrogen-bond donors (Lipinski definition) is 3. The molecule has 0 rings (SSSR count). The molecule has 0 aliphatic rings. The maximum atomic E-state index is 13.0. The maximum absolute atomic E-state index is 13.0. The van der Waals surface area contributed by atoms with Gasteiger partial charge < -0.3 is 33.8 Å². The second-order valence-corrected chi connectivity index (χ2v) is 30.0. The van der Waals surface area contributed by atoms with Gasteiger partial charge in [0.1, 0.15) is 19.3 Å². The largest absolute Gasteiger partial charge is 0.472 e. The number of phosphoric ester groups is 2. The van der Waals surface area contributed by atoms with Crippen LogP contribution in [-0.2, 0) is 65.4 Å². The van der Waals surface area contributed by atoms with E-state index in [2.05, 4.69) is 41.5 Å². The van der Waals surface area contributed by atoms with Crippen molar-refractivity contribution in [3.05, 3.63) is 0 Å². The van der Waals surface area contributed by atoms with Crippen LogP contribution in [0.3, 0.4) is 0 Å². The van der Waals surface area contributed by atoms with E-state index < -0.39 is 97.5 Å². The van der Waals surface area contributed by atoms with Crippen molar-refractivity contribution in [2.24, 2.45) is 11.8 Å². The van der Waals surface area contributed by atoms with Gasteiger partial charge in [0.15, 0.2) is 12.2 Å². The van der Waals surface area contributed by atoms with Gasteiger partial charge in [0.2, 0.25) is 0 Å². The Morgan fingerprint density at radius 1 is 0.315 bits per heavy atom. The Kier molecular flexibility index (Phi) is 63.7. The van der Waals surface area contributed by atoms with Gasteiger partial charge in [-0.25, -0.2) is 9.13 Å². The standard InChI is InChI=1S/C73H142O17P2/c1-7-10-12-14-16-18-19-20-21-22-23-24-25-26-27-28-31-39-45-51-57-72(77)89-69(62-84-71(76)56-50-44-38-32-29-30-35-41-47-53-65(4)5)64-88-92(81,82)86-60-67(74)59-85-91(79,80)87-63-68(61-83-70(75)55-49-43-37-17-15-13-11-8-2)90-73(78)58-52-46-40-34-33-36-42-48-54-66(6)9-3/h65-69,74H,7-64H2,1-6H3,(H,79,80)(H,81,82)/t66?,67-,68+,69+/m0/s1. The molecule has 0 fully saturated rings. The lowest BCUT2D eigenvalue weighted by Crippen LogP contribution is -2.30. The number of unbranched alkanes of at least 4 members (excludes halogenated alkanes) is 41. The van der Waals surface area contributed by atoms with Gasteiger partial charge in [-0.05, 0) is 37.5 Å². The summed E-state index contributed by atoms with van der Waals surface area (Å²) >= 11 is 0. The molecule has 0 heterocycles. The highest BCUT2D eigenvalue weighted by molar-refractivity contribution is 7.47. The molecule has 0 spiro atoms. The molecule has 0 aromatic heterocycles. The number of esters is 4. The Balaban J connectivity index is 5.18. The molecular weight excluding hydrogens is 1210 g/mol. The van der Waals surface area contributed by atoms with Gasteiger partial charge in [-0.1, -0.05) is 324 Å². The van der Waals surface area contributed by atoms with E-state index in [1.54, 1.807) is 0 Å². The molecule has 17 nitrogen and oxygen atoms in total. The van der Waals surface area contributed by atoms with Gasteiger partial charge in [0, 0.05) is 25.7 Å². The Morgan fingerprint density at radius 2 is 0.554 bits per heavy atom. The fourth-order valence-corrected chi connectivity index (χ4v) is 12.7. The second kappa shape index (κ2) is 65.0. The lowest BCUT2D eigenvalue weighted by molar-refractivity contribution is -0.161. The first kappa shape index (κ1) is 90.1. The highest BCUT2D eigenvalue weighted by Gasteiger charge is 2.30. The molecule has 0 aliphatic carbocycles. The molecule has 0 radical (unpaired) electrons. The van der Waals surface area contributed by atoms with Crippen LogP contribution in [-0.4, -0.2) is 96.7 Å². The summed E-state index contributed by atoms with van der Waals surface area (Å²) in [5, 5.41) is 10.6. The van der Waals surface area contributed by atoms with E-state index in [-0.39, 0.29) is 25.7 Å². The molecule has 0 aromatic rings. The van der Waals surface area contributed by atoms with Gasteiger partial charge in [0.25, 0.3) is 0 Å². The molecule has 546 valence electrons. The maximum Gasteiger partial charge on any atom is 0.472 e. The quantitative estimate of drug-likeness (QED) is 0.0222. The summed E-state index contributed by atoms with van der Waals surface area (Å²) in [6, 6.07) is 0. The van der Waals surface area contributed by atoms with E-state index in [1.807, 2.05) is 0 Å². The molecule has 6 atom stereocenters. The van der Waals surface area contributed by atoms with E-state index >= 15 is 0 Å². The van der Waals surface area contributed by atoms with Crippen LogP contribution in [0, 0.1) is 11.8 Å². The number of hydrogen-bond acceptors (Lipinski definition) is 15. The zero-order valence-corrected chi connectivity index (χ0v) is 61.6. The van der Waals surface area contributed by atoms with Crippen molar-refractivity contribution in [1.29, 1.82) is 0 Å². The van der Waals surface area contributed by atoms with Crippen LogP contribution < -0.4 is 0 Å². The summed E-state index contributed by atoms with van der Waals surface area (Å²) in [5.41, 5.74) is 0. The fourth-order valence-electron chi connectivity index (χ4n) is 11.1. The molecule has 3 unspecified atom stereocenters. The number of aliphatic hydroxyl groups excluding tert-OH is 1. The Hall–Kier alpha value is -1.94. The van der Waals surface area contributed by atoms with Gasteiger partial charge >= 0.3 is 39.5 Å². The summed E-state index contributed by atoms with van der Waals surface area (Å²) < 4.78 is 68.3. The Labute approximate surface area is 562 Å². The minimum atomic E-state index is -4.95. The Morgan fingerprint density at radius 3 is 0.826 bits per heavy atom. The van der Waals surface area contributed by atoms with Crippen LogP contribution in [0.2, 0.25) is 0 Å². The van der Waals surface area contributed by atoms with Crippen molar-refractivity contribution in [2.45, 2.75) is 394 Å². The first-order valence-corrected chi connectivity index (χ1v) is 41.0. The topological polar surface area (TPSA) is 237 Å². The van der Waals surface area contributed by atoms with E-state index in [9.17, 15) is 43.2 Å². The first-order valence-electron chi connectivity index (χ1n) is 38.0. The minimum Gasteiger partial charge on any atom is -0.462 e. The number of ether oxygens (including phenoxy) is 4. The molecule has 3 N–H and O–H groups in total. The van der Waals surface area contributed by atoms with Crippen LogP contribution in [0.1, 0.15) is 375 Å². The predicted molar refractivity (Wildman–Crippen MR) is 372 cm³/mol. The summed E-state index contributed by atoms with van der Waals surface area (Å²) in [4.78, 5) is 72.6. The fraction of sp³-hybridized carbons (Fsp3) is 0.945. The van der Waals surface area contributed by atoms with Crippen molar-refractivity contribution < 1.29 is 80.2 Å². The van der Waals surface area contributed by atoms with E-state index in [1.165, 1.54) is 186 Å². The average Bonchev–Trinajstić information content (AvgIpc) is 2.61. The molecule has 0 amide bonds. The average molecular weight is 1350 g/mol. The third kappa shape index (κ3) is 65.4. The highest BCUT2D eigenvalue weighted by atomic mass is 31.2. The highest BCUT2D eigenvalue weighted by Crippen LogP contribution is 2.45. The van der Waals surface area contributed by atoms with Gasteiger partial charge in [-0.15, -0.1) is 0 Å². The smallest absolute Gasteiger partial charge is 0.462 e. The normalized spacial score (nSPS) is 14.4. The molecule has 0 aliphatic heterocycles. The predicted octanol–water partition coefficient (Wildman–Crippen LogP) is 21.2. The van der Waals surface area contributed by atoms with E-state index in [0.29, 0.717) is 25.7 Å². The Bertz CT molecular complexity index is 1790. The number of phosphoric acid groups is 2. The van der Waals surface area contributed by atoms with Gasteiger partial charge in [-0.3, -0.25) is 37.3 Å². The zero-order valence-electron chi connectivity index (χ0n) is 59.9. The molecule has 92 heavy (non-hydrogen) atoms. The van der Waals surface area contributed by atoms with E-state index in [0.717, 1.165) is 108 Å². The van der Waals surface area contributed by atoms with Crippen molar-refractivity contribution in [3.63, 3.8) is 0 Å². The first-order chi connectivity index (χ1) is 44.4. The van der Waals surface area contributed by atoms with Crippen LogP contribution >= 0.6 is 15.6 Å². The SMILES string of the molecule is CCCCCCCCCCCCCCCCCCCCCCC(=O)O[C@H](COC(=O)CCCCCCCCCCCC(C)C)COP(=O)(O)OC[C@@H](O)COP(=O)(O)OC[C@@H](COC(=O)CCCCCCCCCC)OC(=O)CCCCCCCCCCC(C)CC. The van der Waals surface area contributed by atoms with Crippen molar-refractivity contribution in [3.8, 4) is 0 Å². The molecule has 0 saturated heterocycles. The molecule has 19 heteroatoms. The zero-order chi connectivity index (χ0) is 67.9. The third-order valence-electron chi connectivity index (χ3n) is 17.3. The van der Waals surface area contributed by atoms with Crippen molar-refractivity contribution in [1.82, 2.24) is 0 Å². The monoisotopic (exact) mass is 1350 g/mol. The van der Waals surface area contributed by atoms with Gasteiger partial charge in [-0.2, -0.15) is 0 Å². The van der Waals surface area contributed by atoms with E-state index in [4.69, 9.17) is 37.0 Å². The lowest BCUT2D eigenvalue weighted by Gasteiger charge is -2.21. The van der Waals surface area contributed by atoms with Crippen LogP contribution in [0.4, 0.5) is 0 Å². The molecule has 0 bridgehead atoms. The minimum absolute atomic E-state index is 0.105. The molecule has 0 aromatic carbocycles. The van der Waals surface area contributed by atoms with Gasteiger partial charge in [0.05, 0.1) is 26.4 Å². The number of rotatable bonds is 72. The van der Waals surface area contributed by atoms with Crippen molar-refractivity contribution >= 4 is 39.5 Å². The number of carbonyl (C=O) groups is 4. The summed E-state index contributed by atoms with van der Waals surface area (Å²) in [6.07, 6.45) is 51.5. The van der Waals surface area contributed by atoms with Crippen LogP contribution in [0.5, 0.6) is 0 Å². The third-order valence-corrected chi connectivity index (χ3v) is 19.2. The van der Waals surface area contributed by atoms with Crippen molar-refractivity contribution in [2.75, 3.05) is 39.6 Å². The summed E-state index contributed by atoms with van der Waals surface area (Å²) in [5.74, 6) is -0.611. The van der Waals surface area contributed by atoms with Crippen LogP contribution in [0.25, 0.3) is 0 Å². The second-order valence-electron chi connectivity index (χ2n) is 27.1. The molecule has 0 saturated carbocycles. The number of carbonyl (C=O) groups excluding carboxylic acids is 4. The van der Waals surface area contributed by atoms with Crippen LogP contribution in [0.15, 0.2) is 0 Å². The summed E-state index contributed by atoms with van der Waals surface area (Å²) in [7, 11) is -9.90. The molecular formula is C73H142O17P2.